The van der Waals surface area contributed by atoms with Gasteiger partial charge in [-0.1, -0.05) is 48.0 Å². The van der Waals surface area contributed by atoms with E-state index < -0.39 is 16.0 Å². The average molecular weight is 355 g/mol. The monoisotopic (exact) mass is 355 g/mol. The second-order valence-electron chi connectivity index (χ2n) is 5.62. The Labute approximate surface area is 146 Å². The molecule has 0 atom stereocenters. The van der Waals surface area contributed by atoms with Crippen molar-refractivity contribution >= 4 is 32.5 Å². The molecule has 0 aliphatic heterocycles. The largest absolute Gasteiger partial charge is 0.465 e. The van der Waals surface area contributed by atoms with E-state index in [9.17, 15) is 13.2 Å². The summed E-state index contributed by atoms with van der Waals surface area (Å²) in [6.07, 6.45) is 0. The Kier molecular flexibility index (Phi) is 4.46. The van der Waals surface area contributed by atoms with Gasteiger partial charge in [0.25, 0.3) is 10.0 Å². The Balaban J connectivity index is 2.16. The van der Waals surface area contributed by atoms with Crippen LogP contribution in [0.15, 0.2) is 65.6 Å². The first-order chi connectivity index (χ1) is 11.9. The van der Waals surface area contributed by atoms with Gasteiger partial charge in [0.2, 0.25) is 0 Å². The Morgan fingerprint density at radius 2 is 1.64 bits per heavy atom. The van der Waals surface area contributed by atoms with Gasteiger partial charge in [-0.2, -0.15) is 0 Å². The van der Waals surface area contributed by atoms with Crippen LogP contribution in [0, 0.1) is 6.92 Å². The van der Waals surface area contributed by atoms with Crippen molar-refractivity contribution in [2.24, 2.45) is 0 Å². The van der Waals surface area contributed by atoms with Gasteiger partial charge in [0.1, 0.15) is 0 Å². The number of hydrogen-bond acceptors (Lipinski definition) is 4. The molecule has 6 heteroatoms. The minimum absolute atomic E-state index is 0.127. The lowest BCUT2D eigenvalue weighted by molar-refractivity contribution is 0.0602. The van der Waals surface area contributed by atoms with E-state index in [0.717, 1.165) is 10.9 Å². The smallest absolute Gasteiger partial charge is 0.340 e. The number of rotatable bonds is 4. The molecular formula is C19H17NO4S. The third kappa shape index (κ3) is 3.34. The lowest BCUT2D eigenvalue weighted by Crippen LogP contribution is -2.16. The van der Waals surface area contributed by atoms with E-state index in [-0.39, 0.29) is 16.1 Å². The van der Waals surface area contributed by atoms with E-state index in [4.69, 9.17) is 4.74 Å². The van der Waals surface area contributed by atoms with Crippen LogP contribution in [0.2, 0.25) is 0 Å². The van der Waals surface area contributed by atoms with Crippen LogP contribution in [0.4, 0.5) is 5.69 Å². The quantitative estimate of drug-likeness (QED) is 0.724. The van der Waals surface area contributed by atoms with Crippen molar-refractivity contribution in [2.45, 2.75) is 11.8 Å². The molecule has 0 unspecified atom stereocenters. The Morgan fingerprint density at radius 3 is 2.32 bits per heavy atom. The maximum atomic E-state index is 12.8. The molecule has 0 aliphatic carbocycles. The van der Waals surface area contributed by atoms with Crippen LogP contribution < -0.4 is 4.72 Å². The van der Waals surface area contributed by atoms with Crippen molar-refractivity contribution in [3.63, 3.8) is 0 Å². The molecule has 3 rings (SSSR count). The van der Waals surface area contributed by atoms with Gasteiger partial charge in [-0.3, -0.25) is 4.72 Å². The lowest BCUT2D eigenvalue weighted by atomic mass is 10.0. The summed E-state index contributed by atoms with van der Waals surface area (Å²) in [4.78, 5) is 12.2. The zero-order chi connectivity index (χ0) is 18.0. The van der Waals surface area contributed by atoms with Crippen molar-refractivity contribution in [1.29, 1.82) is 0 Å². The molecule has 0 aliphatic rings. The minimum atomic E-state index is -3.84. The predicted octanol–water partition coefficient (Wildman–Crippen LogP) is 3.74. The Hall–Kier alpha value is -2.86. The summed E-state index contributed by atoms with van der Waals surface area (Å²) in [5, 5.41) is 1.44. The van der Waals surface area contributed by atoms with Gasteiger partial charge in [0.05, 0.1) is 23.3 Å². The van der Waals surface area contributed by atoms with Crippen LogP contribution in [-0.4, -0.2) is 21.5 Å². The first-order valence-corrected chi connectivity index (χ1v) is 9.10. The molecule has 3 aromatic carbocycles. The van der Waals surface area contributed by atoms with Crippen LogP contribution >= 0.6 is 0 Å². The van der Waals surface area contributed by atoms with Crippen LogP contribution in [-0.2, 0) is 14.8 Å². The van der Waals surface area contributed by atoms with Gasteiger partial charge < -0.3 is 4.74 Å². The Bertz CT molecular complexity index is 1040. The highest BCUT2D eigenvalue weighted by molar-refractivity contribution is 7.92. The highest BCUT2D eigenvalue weighted by atomic mass is 32.2. The number of hydrogen-bond donors (Lipinski definition) is 1. The molecule has 128 valence electrons. The number of ether oxygens (including phenoxy) is 1. The summed E-state index contributed by atoms with van der Waals surface area (Å²) in [6.45, 7) is 1.88. The third-order valence-electron chi connectivity index (χ3n) is 3.90. The van der Waals surface area contributed by atoms with Crippen molar-refractivity contribution in [2.75, 3.05) is 11.8 Å². The average Bonchev–Trinajstić information content (AvgIpc) is 2.61. The molecule has 0 saturated heterocycles. The molecule has 0 bridgehead atoms. The van der Waals surface area contributed by atoms with Crippen molar-refractivity contribution in [3.8, 4) is 0 Å². The topological polar surface area (TPSA) is 72.5 Å². The van der Waals surface area contributed by atoms with E-state index in [1.54, 1.807) is 36.4 Å². The van der Waals surface area contributed by atoms with Gasteiger partial charge in [-0.05, 0) is 30.5 Å². The highest BCUT2D eigenvalue weighted by Gasteiger charge is 2.21. The summed E-state index contributed by atoms with van der Waals surface area (Å²) < 4.78 is 32.9. The number of carbonyl (C=O) groups is 1. The highest BCUT2D eigenvalue weighted by Crippen LogP contribution is 2.30. The van der Waals surface area contributed by atoms with Gasteiger partial charge in [0, 0.05) is 5.39 Å². The van der Waals surface area contributed by atoms with Gasteiger partial charge in [-0.15, -0.1) is 0 Å². The van der Waals surface area contributed by atoms with Crippen molar-refractivity contribution < 1.29 is 17.9 Å². The SMILES string of the molecule is COC(=O)c1ccc2ccccc2c1NS(=O)(=O)c1ccc(C)cc1. The fraction of sp³-hybridized carbons (Fsp3) is 0.105. The summed E-state index contributed by atoms with van der Waals surface area (Å²) in [6, 6.07) is 17.0. The molecule has 0 heterocycles. The minimum Gasteiger partial charge on any atom is -0.465 e. The number of fused-ring (bicyclic) bond motifs is 1. The van der Waals surface area contributed by atoms with Gasteiger partial charge in [0.15, 0.2) is 0 Å². The number of nitrogens with one attached hydrogen (secondary N) is 1. The Morgan fingerprint density at radius 1 is 0.960 bits per heavy atom. The maximum absolute atomic E-state index is 12.8. The van der Waals surface area contributed by atoms with Crippen LogP contribution in [0.25, 0.3) is 10.8 Å². The van der Waals surface area contributed by atoms with E-state index in [1.807, 2.05) is 19.1 Å². The van der Waals surface area contributed by atoms with Crippen molar-refractivity contribution in [1.82, 2.24) is 0 Å². The molecule has 0 fully saturated rings. The molecular weight excluding hydrogens is 338 g/mol. The second kappa shape index (κ2) is 6.57. The molecule has 3 aromatic rings. The zero-order valence-corrected chi connectivity index (χ0v) is 14.6. The number of benzene rings is 3. The van der Waals surface area contributed by atoms with Crippen molar-refractivity contribution in [3.05, 3.63) is 71.8 Å². The van der Waals surface area contributed by atoms with Gasteiger partial charge >= 0.3 is 5.97 Å². The number of methoxy groups -OCH3 is 1. The molecule has 25 heavy (non-hydrogen) atoms. The lowest BCUT2D eigenvalue weighted by Gasteiger charge is -2.14. The predicted molar refractivity (Wildman–Crippen MR) is 97.3 cm³/mol. The molecule has 0 amide bonds. The fourth-order valence-electron chi connectivity index (χ4n) is 2.57. The zero-order valence-electron chi connectivity index (χ0n) is 13.8. The molecule has 1 N–H and O–H groups in total. The molecule has 0 saturated carbocycles. The molecule has 0 spiro atoms. The number of aryl methyl sites for hydroxylation is 1. The first kappa shape index (κ1) is 17.0. The van der Waals surface area contributed by atoms with E-state index >= 15 is 0 Å². The summed E-state index contributed by atoms with van der Waals surface area (Å²) in [5.41, 5.74) is 1.33. The van der Waals surface area contributed by atoms with E-state index in [1.165, 1.54) is 19.2 Å². The number of sulfonamides is 1. The number of esters is 1. The number of anilines is 1. The molecule has 0 radical (unpaired) electrons. The third-order valence-corrected chi connectivity index (χ3v) is 5.27. The van der Waals surface area contributed by atoms with Crippen LogP contribution in [0.1, 0.15) is 15.9 Å². The summed E-state index contributed by atoms with van der Waals surface area (Å²) >= 11 is 0. The summed E-state index contributed by atoms with van der Waals surface area (Å²) in [5.74, 6) is -0.604. The van der Waals surface area contributed by atoms with Gasteiger partial charge in [-0.25, -0.2) is 13.2 Å². The van der Waals surface area contributed by atoms with Crippen LogP contribution in [0.5, 0.6) is 0 Å². The molecule has 5 nitrogen and oxygen atoms in total. The second-order valence-corrected chi connectivity index (χ2v) is 7.30. The van der Waals surface area contributed by atoms with E-state index in [2.05, 4.69) is 4.72 Å². The fourth-order valence-corrected chi connectivity index (χ4v) is 3.67. The molecule has 0 aromatic heterocycles. The van der Waals surface area contributed by atoms with Crippen LogP contribution in [0.3, 0.4) is 0 Å². The maximum Gasteiger partial charge on any atom is 0.340 e. The summed E-state index contributed by atoms with van der Waals surface area (Å²) in [7, 11) is -2.58. The first-order valence-electron chi connectivity index (χ1n) is 7.62. The normalized spacial score (nSPS) is 11.3. The number of carbonyl (C=O) groups excluding carboxylic acids is 1. The standard InChI is InChI=1S/C19H17NO4S/c1-13-7-10-15(11-8-13)25(22,23)20-18-16-6-4-3-5-14(16)9-12-17(18)19(21)24-2/h3-12,20H,1-2H3. The van der Waals surface area contributed by atoms with E-state index in [0.29, 0.717) is 5.39 Å².